The summed E-state index contributed by atoms with van der Waals surface area (Å²) < 4.78 is 29.6. The van der Waals surface area contributed by atoms with E-state index in [-0.39, 0.29) is 29.7 Å². The van der Waals surface area contributed by atoms with Crippen molar-refractivity contribution >= 4 is 11.9 Å². The van der Waals surface area contributed by atoms with Crippen LogP contribution in [0.4, 0.5) is 4.39 Å². The molecule has 0 aromatic heterocycles. The van der Waals surface area contributed by atoms with Gasteiger partial charge in [-0.3, -0.25) is 4.79 Å². The molecule has 0 fully saturated rings. The number of ether oxygens (including phenoxy) is 3. The third-order valence-corrected chi connectivity index (χ3v) is 3.57. The first-order valence-electron chi connectivity index (χ1n) is 8.71. The lowest BCUT2D eigenvalue weighted by atomic mass is 10.2. The molecule has 2 aromatic carbocycles. The second-order valence-corrected chi connectivity index (χ2v) is 5.85. The van der Waals surface area contributed by atoms with E-state index in [4.69, 9.17) is 19.3 Å². The van der Waals surface area contributed by atoms with Gasteiger partial charge in [0.15, 0.2) is 29.7 Å². The predicted octanol–water partition coefficient (Wildman–Crippen LogP) is 2.89. The zero-order chi connectivity index (χ0) is 20.5. The second-order valence-electron chi connectivity index (χ2n) is 5.85. The summed E-state index contributed by atoms with van der Waals surface area (Å²) in [5.74, 6) is -1.35. The number of benzene rings is 2. The molecule has 0 spiro atoms. The fourth-order valence-electron chi connectivity index (χ4n) is 2.31. The number of carbonyl (C=O) groups is 2. The molecule has 0 aliphatic carbocycles. The van der Waals surface area contributed by atoms with E-state index in [1.165, 1.54) is 30.3 Å². The molecular weight excluding hydrogens is 369 g/mol. The minimum atomic E-state index is -1.12. The molecule has 150 valence electrons. The zero-order valence-electron chi connectivity index (χ0n) is 15.6. The van der Waals surface area contributed by atoms with E-state index < -0.39 is 24.5 Å². The molecule has 2 aromatic rings. The maximum atomic E-state index is 13.6. The Morgan fingerprint density at radius 2 is 1.86 bits per heavy atom. The number of carbonyl (C=O) groups excluding carboxylic acids is 1. The highest BCUT2D eigenvalue weighted by Gasteiger charge is 2.14. The highest BCUT2D eigenvalue weighted by atomic mass is 19.1. The lowest BCUT2D eigenvalue weighted by Gasteiger charge is -2.16. The number of hydrogen-bond acceptors (Lipinski definition) is 5. The van der Waals surface area contributed by atoms with Gasteiger partial charge >= 0.3 is 5.97 Å². The van der Waals surface area contributed by atoms with Crippen LogP contribution in [0.5, 0.6) is 17.2 Å². The normalized spacial score (nSPS) is 11.4. The van der Waals surface area contributed by atoms with Gasteiger partial charge in [0.25, 0.3) is 5.91 Å². The Balaban J connectivity index is 1.98. The van der Waals surface area contributed by atoms with Crippen molar-refractivity contribution in [2.75, 3.05) is 19.8 Å². The maximum absolute atomic E-state index is 13.6. The van der Waals surface area contributed by atoms with Crippen LogP contribution in [0.25, 0.3) is 0 Å². The molecule has 28 heavy (non-hydrogen) atoms. The summed E-state index contributed by atoms with van der Waals surface area (Å²) in [4.78, 5) is 23.0. The van der Waals surface area contributed by atoms with Crippen molar-refractivity contribution in [1.82, 2.24) is 5.32 Å². The Bertz CT molecular complexity index is 826. The van der Waals surface area contributed by atoms with Crippen LogP contribution in [0.2, 0.25) is 0 Å². The van der Waals surface area contributed by atoms with Crippen molar-refractivity contribution < 1.29 is 33.3 Å². The summed E-state index contributed by atoms with van der Waals surface area (Å²) in [6, 6.07) is 10.5. The molecule has 1 atom stereocenters. The van der Waals surface area contributed by atoms with Gasteiger partial charge in [0.05, 0.1) is 13.2 Å². The summed E-state index contributed by atoms with van der Waals surface area (Å²) in [6.07, 6.45) is -0.453. The van der Waals surface area contributed by atoms with Gasteiger partial charge in [0, 0.05) is 5.56 Å². The molecule has 1 amide bonds. The molecule has 1 unspecified atom stereocenters. The fourth-order valence-corrected chi connectivity index (χ4v) is 2.31. The minimum Gasteiger partial charge on any atom is -0.490 e. The molecule has 0 saturated carbocycles. The van der Waals surface area contributed by atoms with E-state index in [1.807, 2.05) is 0 Å². The van der Waals surface area contributed by atoms with E-state index in [2.05, 4.69) is 5.32 Å². The Labute approximate surface area is 162 Å². The number of nitrogens with one attached hydrogen (secondary N) is 1. The van der Waals surface area contributed by atoms with Crippen molar-refractivity contribution in [2.24, 2.45) is 0 Å². The fraction of sp³-hybridized carbons (Fsp3) is 0.300. The molecule has 8 heteroatoms. The highest BCUT2D eigenvalue weighted by Crippen LogP contribution is 2.28. The quantitative estimate of drug-likeness (QED) is 0.647. The number of aliphatic carboxylic acids is 1. The van der Waals surface area contributed by atoms with Gasteiger partial charge in [0.2, 0.25) is 0 Å². The summed E-state index contributed by atoms with van der Waals surface area (Å²) >= 11 is 0. The van der Waals surface area contributed by atoms with Crippen molar-refractivity contribution in [3.05, 3.63) is 53.8 Å². The molecule has 0 aliphatic rings. The van der Waals surface area contributed by atoms with Gasteiger partial charge in [-0.1, -0.05) is 12.1 Å². The van der Waals surface area contributed by atoms with E-state index in [9.17, 15) is 14.0 Å². The van der Waals surface area contributed by atoms with Crippen LogP contribution < -0.4 is 19.5 Å². The first kappa shape index (κ1) is 21.0. The van der Waals surface area contributed by atoms with Gasteiger partial charge < -0.3 is 24.6 Å². The van der Waals surface area contributed by atoms with Crippen LogP contribution in [0.3, 0.4) is 0 Å². The van der Waals surface area contributed by atoms with Crippen molar-refractivity contribution in [2.45, 2.75) is 20.0 Å². The average molecular weight is 391 g/mol. The van der Waals surface area contributed by atoms with Gasteiger partial charge in [-0.05, 0) is 44.2 Å². The summed E-state index contributed by atoms with van der Waals surface area (Å²) in [5, 5.41) is 11.4. The molecule has 2 N–H and O–H groups in total. The molecule has 2 rings (SSSR count). The molecular formula is C20H22FNO6. The summed E-state index contributed by atoms with van der Waals surface area (Å²) in [5.41, 5.74) is 0.309. The Hall–Kier alpha value is -3.29. The van der Waals surface area contributed by atoms with Crippen LogP contribution in [-0.2, 0) is 4.79 Å². The lowest BCUT2D eigenvalue weighted by Crippen LogP contribution is -2.33. The first-order chi connectivity index (χ1) is 13.4. The van der Waals surface area contributed by atoms with Crippen LogP contribution in [0.15, 0.2) is 42.5 Å². The van der Waals surface area contributed by atoms with Crippen LogP contribution in [0.1, 0.15) is 24.2 Å². The average Bonchev–Trinajstić information content (AvgIpc) is 2.67. The molecule has 0 aliphatic heterocycles. The van der Waals surface area contributed by atoms with E-state index >= 15 is 0 Å². The largest absolute Gasteiger partial charge is 0.490 e. The Morgan fingerprint density at radius 1 is 1.11 bits per heavy atom. The van der Waals surface area contributed by atoms with E-state index in [1.54, 1.807) is 26.0 Å². The molecule has 0 bridgehead atoms. The zero-order valence-corrected chi connectivity index (χ0v) is 15.6. The van der Waals surface area contributed by atoms with E-state index in [0.717, 1.165) is 0 Å². The van der Waals surface area contributed by atoms with Crippen molar-refractivity contribution in [3.8, 4) is 17.2 Å². The SMILES string of the molecule is CCOc1cc(C(=O)NCC(C)Oc2ccccc2F)ccc1OCC(=O)O. The molecule has 7 nitrogen and oxygen atoms in total. The Morgan fingerprint density at radius 3 is 2.54 bits per heavy atom. The lowest BCUT2D eigenvalue weighted by molar-refractivity contribution is -0.139. The predicted molar refractivity (Wildman–Crippen MR) is 99.6 cm³/mol. The van der Waals surface area contributed by atoms with Crippen molar-refractivity contribution in [1.29, 1.82) is 0 Å². The van der Waals surface area contributed by atoms with Gasteiger partial charge in [0.1, 0.15) is 6.10 Å². The number of halogens is 1. The monoisotopic (exact) mass is 391 g/mol. The van der Waals surface area contributed by atoms with Crippen LogP contribution >= 0.6 is 0 Å². The Kier molecular flexibility index (Phi) is 7.62. The molecule has 0 heterocycles. The second kappa shape index (κ2) is 10.1. The minimum absolute atomic E-state index is 0.114. The number of rotatable bonds is 10. The third kappa shape index (κ3) is 6.15. The number of amides is 1. The van der Waals surface area contributed by atoms with Gasteiger partial charge in [-0.25, -0.2) is 9.18 Å². The molecule has 0 radical (unpaired) electrons. The molecule has 0 saturated heterocycles. The van der Waals surface area contributed by atoms with Crippen LogP contribution in [0, 0.1) is 5.82 Å². The van der Waals surface area contributed by atoms with Crippen LogP contribution in [-0.4, -0.2) is 42.8 Å². The smallest absolute Gasteiger partial charge is 0.341 e. The third-order valence-electron chi connectivity index (χ3n) is 3.57. The van der Waals surface area contributed by atoms with Gasteiger partial charge in [-0.2, -0.15) is 0 Å². The number of hydrogen-bond donors (Lipinski definition) is 2. The topological polar surface area (TPSA) is 94.1 Å². The highest BCUT2D eigenvalue weighted by molar-refractivity contribution is 5.94. The number of para-hydroxylation sites is 1. The van der Waals surface area contributed by atoms with Gasteiger partial charge in [-0.15, -0.1) is 0 Å². The summed E-state index contributed by atoms with van der Waals surface area (Å²) in [6.45, 7) is 3.43. The van der Waals surface area contributed by atoms with Crippen molar-refractivity contribution in [3.63, 3.8) is 0 Å². The standard InChI is InChI=1S/C20H22FNO6/c1-3-26-18-10-14(8-9-17(18)27-12-19(23)24)20(25)22-11-13(2)28-16-7-5-4-6-15(16)21/h4-10,13H,3,11-12H2,1-2H3,(H,22,25)(H,23,24). The first-order valence-corrected chi connectivity index (χ1v) is 8.71. The number of carboxylic acid groups (broad SMARTS) is 1. The maximum Gasteiger partial charge on any atom is 0.341 e. The number of carboxylic acids is 1. The van der Waals surface area contributed by atoms with E-state index in [0.29, 0.717) is 12.2 Å². The summed E-state index contributed by atoms with van der Waals surface area (Å²) in [7, 11) is 0.